The molecule has 1 nitrogen and oxygen atoms in total. The Balaban J connectivity index is -0.00000000500. The van der Waals surface area contributed by atoms with Crippen molar-refractivity contribution in [3.8, 4) is 0 Å². The molecule has 0 aliphatic heterocycles. The third-order valence-corrected chi connectivity index (χ3v) is 0. The molecule has 0 unspecified atom stereocenters. The van der Waals surface area contributed by atoms with Crippen LogP contribution in [0, 0.1) is 0 Å². The average molecular weight is 242 g/mol. The van der Waals surface area contributed by atoms with Crippen molar-refractivity contribution in [1.82, 2.24) is 0 Å². The molecule has 15 valence electrons. The normalized spacial score (nSPS) is 0.750. The molecule has 0 aromatic carbocycles. The molecule has 0 heterocycles. The minimum absolute atomic E-state index is 0. The first kappa shape index (κ1) is 16.4. The van der Waals surface area contributed by atoms with Crippen molar-refractivity contribution in [3.63, 3.8) is 0 Å². The number of hydrogen-bond acceptors (Lipinski definition) is 1. The number of hydrogen-bond donors (Lipinski definition) is 0. The van der Waals surface area contributed by atoms with Gasteiger partial charge < -0.3 is 0 Å². The maximum absolute atomic E-state index is 8.42. The molecular formula is HInOScZn. The quantitative estimate of drug-likeness (QED) is 0.510. The van der Waals surface area contributed by atoms with Gasteiger partial charge in [0.1, 0.15) is 0 Å². The summed E-state index contributed by atoms with van der Waals surface area (Å²) in [7, 11) is 0. The van der Waals surface area contributed by atoms with Crippen LogP contribution in [0.15, 0.2) is 0 Å². The molecule has 0 bridgehead atoms. The summed E-state index contributed by atoms with van der Waals surface area (Å²) in [6.07, 6.45) is 0. The predicted octanol–water partition coefficient (Wildman–Crippen LogP) is -0.772. The molecular weight excluding hydrogens is 241 g/mol. The largest absolute Gasteiger partial charge is 0 e. The summed E-state index contributed by atoms with van der Waals surface area (Å²) in [6.45, 7) is 0. The Morgan fingerprint density at radius 2 is 1.25 bits per heavy atom. The van der Waals surface area contributed by atoms with E-state index in [-0.39, 0.29) is 69.7 Å². The summed E-state index contributed by atoms with van der Waals surface area (Å²) in [5.74, 6) is 0. The molecule has 0 rings (SSSR count). The second-order valence-electron chi connectivity index (χ2n) is 0. The summed E-state index contributed by atoms with van der Waals surface area (Å²) in [5.41, 5.74) is 0. The summed E-state index contributed by atoms with van der Waals surface area (Å²) < 4.78 is 8.42. The molecule has 0 aromatic rings. The molecule has 4 heteroatoms. The van der Waals surface area contributed by atoms with Gasteiger partial charge in [0.15, 0.2) is 0 Å². The van der Waals surface area contributed by atoms with Gasteiger partial charge in [0.25, 0.3) is 0 Å². The maximum atomic E-state index is 8.42. The van der Waals surface area contributed by atoms with Crippen LogP contribution in [0.5, 0.6) is 0 Å². The smallest absolute Gasteiger partial charge is 0 e. The van der Waals surface area contributed by atoms with Crippen molar-refractivity contribution in [2.75, 3.05) is 0 Å². The van der Waals surface area contributed by atoms with E-state index < -0.39 is 0 Å². The topological polar surface area (TPSA) is 17.1 Å². The van der Waals surface area contributed by atoms with Crippen LogP contribution in [0.3, 0.4) is 0 Å². The second kappa shape index (κ2) is 19.1. The maximum Gasteiger partial charge on any atom is 0 e. The van der Waals surface area contributed by atoms with Gasteiger partial charge in [-0.25, -0.2) is 0 Å². The van der Waals surface area contributed by atoms with Gasteiger partial charge in [-0.2, -0.15) is 0 Å². The Labute approximate surface area is 71.5 Å². The predicted molar refractivity (Wildman–Crippen MR) is 7.84 cm³/mol. The molecule has 0 aliphatic rings. The van der Waals surface area contributed by atoms with Gasteiger partial charge in [-0.3, -0.25) is 0 Å². The van der Waals surface area contributed by atoms with Crippen LogP contribution >= 0.6 is 0 Å². The summed E-state index contributed by atoms with van der Waals surface area (Å²) in [5, 5.41) is 0. The molecule has 0 spiro atoms. The number of rotatable bonds is 0. The third-order valence-electron chi connectivity index (χ3n) is 0. The van der Waals surface area contributed by atoms with E-state index in [1.165, 1.54) is 0 Å². The monoisotopic (exact) mass is 241 g/mol. The van der Waals surface area contributed by atoms with Crippen molar-refractivity contribution in [3.05, 3.63) is 0 Å². The molecule has 0 saturated carbocycles. The van der Waals surface area contributed by atoms with Crippen LogP contribution in [-0.2, 0) is 48.2 Å². The van der Waals surface area contributed by atoms with Gasteiger partial charge in [0.2, 0.25) is 0 Å². The molecule has 0 saturated heterocycles. The van der Waals surface area contributed by atoms with Crippen LogP contribution in [0.25, 0.3) is 0 Å². The van der Waals surface area contributed by atoms with Crippen molar-refractivity contribution in [2.24, 2.45) is 0 Å². The van der Waals surface area contributed by atoms with Crippen LogP contribution in [0.2, 0.25) is 0 Å². The molecule has 0 fully saturated rings. The van der Waals surface area contributed by atoms with E-state index in [1.807, 2.05) is 0 Å². The Morgan fingerprint density at radius 3 is 1.25 bits per heavy atom. The standard InChI is InChI=1S/In.O.Sc.Zn.H. The average Bonchev–Trinajstić information content (AvgIpc) is 1.00. The molecule has 0 aliphatic carbocycles. The van der Waals surface area contributed by atoms with Crippen molar-refractivity contribution in [1.29, 1.82) is 0 Å². The Bertz CT molecular complexity index is 8.00. The summed E-state index contributed by atoms with van der Waals surface area (Å²) >= 11 is -0.1000. The second-order valence-corrected chi connectivity index (χ2v) is 0. The first-order chi connectivity index (χ1) is 1.00. The molecule has 0 atom stereocenters. The molecule has 1 radical (unpaired) electrons. The molecule has 4 heavy (non-hydrogen) atoms. The molecule has 0 aromatic heterocycles. The SMILES string of the molecule is [O]=[InH].[Sc].[Zn]. The van der Waals surface area contributed by atoms with Gasteiger partial charge in [0, 0.05) is 45.3 Å². The van der Waals surface area contributed by atoms with Gasteiger partial charge in [-0.15, -0.1) is 0 Å². The fraction of sp³-hybridized carbons (Fsp3) is 0. The summed E-state index contributed by atoms with van der Waals surface area (Å²) in [6, 6.07) is 0. The fourth-order valence-corrected chi connectivity index (χ4v) is 0. The van der Waals surface area contributed by atoms with Crippen molar-refractivity contribution >= 4 is 24.4 Å². The van der Waals surface area contributed by atoms with Crippen LogP contribution in [-0.4, -0.2) is 24.4 Å². The van der Waals surface area contributed by atoms with E-state index in [9.17, 15) is 0 Å². The Hall–Kier alpha value is 2.16. The molecule has 0 amide bonds. The van der Waals surface area contributed by atoms with Crippen LogP contribution in [0.1, 0.15) is 0 Å². The zero-order valence-corrected chi connectivity index (χ0v) is 11.2. The third kappa shape index (κ3) is 8.90. The van der Waals surface area contributed by atoms with E-state index in [4.69, 9.17) is 2.85 Å². The summed E-state index contributed by atoms with van der Waals surface area (Å²) in [4.78, 5) is 0. The van der Waals surface area contributed by atoms with E-state index >= 15 is 0 Å². The van der Waals surface area contributed by atoms with E-state index in [2.05, 4.69) is 0 Å². The van der Waals surface area contributed by atoms with Gasteiger partial charge in [0.05, 0.1) is 0 Å². The van der Waals surface area contributed by atoms with Crippen molar-refractivity contribution < 1.29 is 48.2 Å². The Kier molecular flexibility index (Phi) is 78.5. The zero-order valence-electron chi connectivity index (χ0n) is 2.40. The van der Waals surface area contributed by atoms with E-state index in [0.717, 1.165) is 0 Å². The zero-order chi connectivity index (χ0) is 2.00. The van der Waals surface area contributed by atoms with Gasteiger partial charge in [-0.1, -0.05) is 0 Å². The van der Waals surface area contributed by atoms with Crippen LogP contribution < -0.4 is 0 Å². The van der Waals surface area contributed by atoms with Gasteiger partial charge in [-0.05, 0) is 0 Å². The van der Waals surface area contributed by atoms with E-state index in [1.54, 1.807) is 0 Å². The molecule has 0 N–H and O–H groups in total. The Morgan fingerprint density at radius 1 is 1.25 bits per heavy atom. The fourth-order valence-electron chi connectivity index (χ4n) is 0. The van der Waals surface area contributed by atoms with Crippen molar-refractivity contribution in [2.45, 2.75) is 0 Å². The minimum Gasteiger partial charge on any atom is 0 e. The van der Waals surface area contributed by atoms with Crippen LogP contribution in [0.4, 0.5) is 0 Å². The van der Waals surface area contributed by atoms with Gasteiger partial charge >= 0.3 is 27.2 Å². The van der Waals surface area contributed by atoms with E-state index in [0.29, 0.717) is 0 Å². The first-order valence-corrected chi connectivity index (χ1v) is 1.94. The minimum atomic E-state index is -0.1000. The first-order valence-electron chi connectivity index (χ1n) is 0.289.